The molecule has 180 valence electrons. The van der Waals surface area contributed by atoms with Crippen LogP contribution in [0.4, 0.5) is 0 Å². The predicted octanol–water partition coefficient (Wildman–Crippen LogP) is 8.69. The molecule has 0 saturated carbocycles. The van der Waals surface area contributed by atoms with Crippen molar-refractivity contribution < 1.29 is 0 Å². The van der Waals surface area contributed by atoms with Gasteiger partial charge in [-0.1, -0.05) is 79.2 Å². The lowest BCUT2D eigenvalue weighted by atomic mass is 9.88. The molecule has 36 heavy (non-hydrogen) atoms. The summed E-state index contributed by atoms with van der Waals surface area (Å²) in [5, 5.41) is 0. The summed E-state index contributed by atoms with van der Waals surface area (Å²) in [6.45, 7) is 8.99. The summed E-state index contributed by atoms with van der Waals surface area (Å²) < 4.78 is 1.09. The molecule has 1 aliphatic carbocycles. The third-order valence-electron chi connectivity index (χ3n) is 7.87. The summed E-state index contributed by atoms with van der Waals surface area (Å²) in [6, 6.07) is 20.1. The van der Waals surface area contributed by atoms with E-state index in [4.69, 9.17) is 4.99 Å². The van der Waals surface area contributed by atoms with Crippen LogP contribution in [0.25, 0.3) is 23.0 Å². The van der Waals surface area contributed by atoms with Crippen molar-refractivity contribution in [1.29, 1.82) is 0 Å². The average molecular weight is 536 g/mol. The lowest BCUT2D eigenvalue weighted by molar-refractivity contribution is 1.03. The first-order chi connectivity index (χ1) is 17.5. The lowest BCUT2D eigenvalue weighted by Crippen LogP contribution is -2.10. The van der Waals surface area contributed by atoms with E-state index in [9.17, 15) is 0 Å². The molecular formula is C33H31BrN2. The molecule has 2 aliphatic rings. The van der Waals surface area contributed by atoms with E-state index in [1.54, 1.807) is 0 Å². The Morgan fingerprint density at radius 2 is 1.64 bits per heavy atom. The van der Waals surface area contributed by atoms with Gasteiger partial charge in [-0.15, -0.1) is 0 Å². The highest BCUT2D eigenvalue weighted by Crippen LogP contribution is 2.41. The Morgan fingerprint density at radius 1 is 0.889 bits per heavy atom. The number of halogens is 1. The molecule has 0 fully saturated rings. The molecule has 2 heterocycles. The number of hydrogen-bond acceptors (Lipinski definition) is 1. The fraction of sp³-hybridized carbons (Fsp3) is 0.242. The van der Waals surface area contributed by atoms with Gasteiger partial charge in [-0.05, 0) is 77.8 Å². The molecule has 0 saturated heterocycles. The monoisotopic (exact) mass is 534 g/mol. The molecule has 3 heteroatoms. The van der Waals surface area contributed by atoms with E-state index in [0.29, 0.717) is 0 Å². The molecule has 1 N–H and O–H groups in total. The second-order valence-electron chi connectivity index (χ2n) is 9.88. The molecule has 4 aromatic rings. The lowest BCUT2D eigenvalue weighted by Gasteiger charge is -2.16. The van der Waals surface area contributed by atoms with E-state index in [1.807, 2.05) is 0 Å². The fourth-order valence-corrected chi connectivity index (χ4v) is 6.24. The van der Waals surface area contributed by atoms with Gasteiger partial charge < -0.3 is 4.98 Å². The van der Waals surface area contributed by atoms with E-state index in [0.717, 1.165) is 47.3 Å². The van der Waals surface area contributed by atoms with Gasteiger partial charge in [0.15, 0.2) is 0 Å². The van der Waals surface area contributed by atoms with Gasteiger partial charge in [-0.2, -0.15) is 0 Å². The molecule has 3 aromatic carbocycles. The Labute approximate surface area is 222 Å². The maximum Gasteiger partial charge on any atom is 0.0794 e. The number of aryl methyl sites for hydroxylation is 3. The highest BCUT2D eigenvalue weighted by Gasteiger charge is 2.27. The van der Waals surface area contributed by atoms with Crippen LogP contribution in [0.2, 0.25) is 0 Å². The predicted molar refractivity (Wildman–Crippen MR) is 156 cm³/mol. The zero-order valence-corrected chi connectivity index (χ0v) is 23.0. The summed E-state index contributed by atoms with van der Waals surface area (Å²) in [5.41, 5.74) is 18.0. The smallest absolute Gasteiger partial charge is 0.0794 e. The van der Waals surface area contributed by atoms with Crippen molar-refractivity contribution in [2.45, 2.75) is 53.4 Å². The summed E-state index contributed by atoms with van der Waals surface area (Å²) in [6.07, 6.45) is 6.31. The average Bonchev–Trinajstić information content (AvgIpc) is 3.54. The zero-order valence-electron chi connectivity index (χ0n) is 21.4. The number of rotatable bonds is 5. The summed E-state index contributed by atoms with van der Waals surface area (Å²) in [7, 11) is 0. The third-order valence-corrected chi connectivity index (χ3v) is 8.36. The highest BCUT2D eigenvalue weighted by molar-refractivity contribution is 9.10. The van der Waals surface area contributed by atoms with Gasteiger partial charge in [0.25, 0.3) is 0 Å². The van der Waals surface area contributed by atoms with Crippen LogP contribution in [0, 0.1) is 6.92 Å². The first-order valence-electron chi connectivity index (χ1n) is 13.1. The first kappa shape index (κ1) is 23.2. The van der Waals surface area contributed by atoms with Gasteiger partial charge in [0.05, 0.1) is 11.4 Å². The second-order valence-corrected chi connectivity index (χ2v) is 10.8. The molecular weight excluding hydrogens is 504 g/mol. The zero-order chi connectivity index (χ0) is 25.0. The van der Waals surface area contributed by atoms with Crippen molar-refractivity contribution in [2.24, 2.45) is 4.99 Å². The van der Waals surface area contributed by atoms with Gasteiger partial charge in [0.2, 0.25) is 0 Å². The van der Waals surface area contributed by atoms with Crippen molar-refractivity contribution in [3.8, 4) is 11.3 Å². The maximum atomic E-state index is 5.34. The number of aromatic nitrogens is 1. The van der Waals surface area contributed by atoms with Gasteiger partial charge in [0.1, 0.15) is 0 Å². The molecule has 0 unspecified atom stereocenters. The van der Waals surface area contributed by atoms with E-state index in [-0.39, 0.29) is 0 Å². The van der Waals surface area contributed by atoms with Crippen molar-refractivity contribution in [3.63, 3.8) is 0 Å². The van der Waals surface area contributed by atoms with Gasteiger partial charge in [-0.25, -0.2) is 4.99 Å². The van der Waals surface area contributed by atoms with Crippen molar-refractivity contribution in [3.05, 3.63) is 115 Å². The van der Waals surface area contributed by atoms with Crippen LogP contribution in [-0.4, -0.2) is 10.7 Å². The van der Waals surface area contributed by atoms with Gasteiger partial charge in [-0.3, -0.25) is 0 Å². The molecule has 1 aromatic heterocycles. The molecule has 0 bridgehead atoms. The van der Waals surface area contributed by atoms with Crippen LogP contribution in [0.15, 0.2) is 64.1 Å². The van der Waals surface area contributed by atoms with E-state index in [1.165, 1.54) is 61.3 Å². The van der Waals surface area contributed by atoms with Crippen LogP contribution in [-0.2, 0) is 25.7 Å². The summed E-state index contributed by atoms with van der Waals surface area (Å²) in [4.78, 5) is 9.09. The fourth-order valence-electron chi connectivity index (χ4n) is 5.88. The Hall–Kier alpha value is -3.17. The Bertz CT molecular complexity index is 1560. The number of benzene rings is 3. The van der Waals surface area contributed by atoms with Crippen molar-refractivity contribution in [2.75, 3.05) is 0 Å². The van der Waals surface area contributed by atoms with Crippen LogP contribution in [0.5, 0.6) is 0 Å². The van der Waals surface area contributed by atoms with Crippen molar-refractivity contribution in [1.82, 2.24) is 4.98 Å². The van der Waals surface area contributed by atoms with Crippen molar-refractivity contribution >= 4 is 33.4 Å². The molecule has 0 amide bonds. The minimum atomic E-state index is 0.999. The van der Waals surface area contributed by atoms with E-state index in [2.05, 4.69) is 109 Å². The molecule has 0 radical (unpaired) electrons. The Morgan fingerprint density at radius 3 is 2.36 bits per heavy atom. The molecule has 6 rings (SSSR count). The van der Waals surface area contributed by atoms with Gasteiger partial charge >= 0.3 is 0 Å². The second kappa shape index (κ2) is 9.05. The standard InChI is InChI=1S/C33H31BrN2/c1-5-20-14-21(6-2)31(22(7-3)15-20)33-28-17-24(34)12-13-26(28)30(36-33)18-29-19(4)27-16-23-10-8-9-11-25(23)32(27)35-29/h8-15,17-18,35H,5-7,16H2,1-4H3/b30-18-. The molecule has 2 nitrogen and oxygen atoms in total. The number of aromatic amines is 1. The highest BCUT2D eigenvalue weighted by atomic mass is 79.9. The Balaban J connectivity index is 1.53. The first-order valence-corrected chi connectivity index (χ1v) is 13.9. The summed E-state index contributed by atoms with van der Waals surface area (Å²) in [5.74, 6) is 0. The maximum absolute atomic E-state index is 5.34. The van der Waals surface area contributed by atoms with Crippen LogP contribution >= 0.6 is 15.9 Å². The number of hydrogen-bond donors (Lipinski definition) is 1. The number of aliphatic imine (C=N–C) groups is 1. The Kier molecular flexibility index (Phi) is 5.84. The van der Waals surface area contributed by atoms with Crippen LogP contribution in [0.3, 0.4) is 0 Å². The van der Waals surface area contributed by atoms with E-state index >= 15 is 0 Å². The normalized spacial score (nSPS) is 14.7. The minimum Gasteiger partial charge on any atom is -0.354 e. The quantitative estimate of drug-likeness (QED) is 0.233. The molecule has 1 aliphatic heterocycles. The SMILES string of the molecule is CCc1cc(CC)c(C2=N/C(=C\c3[nH]c4c(c3C)Cc3ccccc3-4)c3ccc(Br)cc32)c(CC)c1. The van der Waals surface area contributed by atoms with Crippen LogP contribution in [0.1, 0.15) is 76.5 Å². The molecule has 0 spiro atoms. The van der Waals surface area contributed by atoms with E-state index < -0.39 is 0 Å². The number of fused-ring (bicyclic) bond motifs is 4. The topological polar surface area (TPSA) is 28.1 Å². The van der Waals surface area contributed by atoms with Crippen LogP contribution < -0.4 is 0 Å². The van der Waals surface area contributed by atoms with Gasteiger partial charge in [0, 0.05) is 44.5 Å². The number of nitrogens with one attached hydrogen (secondary N) is 1. The third kappa shape index (κ3) is 3.64. The summed E-state index contributed by atoms with van der Waals surface area (Å²) >= 11 is 3.72. The molecule has 0 atom stereocenters. The largest absolute Gasteiger partial charge is 0.354 e. The number of nitrogens with zero attached hydrogens (tertiary/aromatic N) is 1. The minimum absolute atomic E-state index is 0.999. The number of H-pyrrole nitrogens is 1.